The monoisotopic (exact) mass is 294 g/mol. The number of carbonyl (C=O) groups is 1. The Balaban J connectivity index is 2.00. The van der Waals surface area contributed by atoms with Gasteiger partial charge in [-0.1, -0.05) is 13.3 Å². The quantitative estimate of drug-likeness (QED) is 0.749. The van der Waals surface area contributed by atoms with Crippen LogP contribution in [0.5, 0.6) is 0 Å². The van der Waals surface area contributed by atoms with Gasteiger partial charge >= 0.3 is 0 Å². The summed E-state index contributed by atoms with van der Waals surface area (Å²) in [5, 5.41) is 0.0856. The Morgan fingerprint density at radius 1 is 1.55 bits per heavy atom. The van der Waals surface area contributed by atoms with Gasteiger partial charge in [-0.05, 0) is 44.1 Å². The Morgan fingerprint density at radius 3 is 3.00 bits per heavy atom. The molecule has 112 valence electrons. The van der Waals surface area contributed by atoms with Gasteiger partial charge < -0.3 is 9.47 Å². The molecule has 1 amide bonds. The molecular formula is C16H26N2OS. The number of amides is 1. The smallest absolute Gasteiger partial charge is 0.235 e. The van der Waals surface area contributed by atoms with E-state index in [4.69, 9.17) is 0 Å². The van der Waals surface area contributed by atoms with Gasteiger partial charge in [-0.15, -0.1) is 11.8 Å². The van der Waals surface area contributed by atoms with Crippen LogP contribution in [0.3, 0.4) is 0 Å². The predicted octanol–water partition coefficient (Wildman–Crippen LogP) is 3.61. The molecule has 1 aliphatic rings. The number of rotatable bonds is 6. The second kappa shape index (κ2) is 7.21. The van der Waals surface area contributed by atoms with Crippen molar-refractivity contribution in [3.05, 3.63) is 24.0 Å². The average Bonchev–Trinajstić information content (AvgIpc) is 3.06. The van der Waals surface area contributed by atoms with Crippen molar-refractivity contribution < 1.29 is 4.79 Å². The van der Waals surface area contributed by atoms with E-state index in [1.54, 1.807) is 11.8 Å². The summed E-state index contributed by atoms with van der Waals surface area (Å²) in [6.45, 7) is 5.16. The minimum atomic E-state index is 0.0856. The standard InChI is InChI=1S/C16H26N2OS/c1-4-5-12-20-13(2)16(19)18-11-7-9-15(18)14-8-6-10-17(14)3/h6,8,10,13,15H,4-5,7,9,11-12H2,1-3H3/t13-,15-/m1/s1. The Kier molecular flexibility index (Phi) is 5.58. The van der Waals surface area contributed by atoms with Crippen molar-refractivity contribution in [2.45, 2.75) is 50.8 Å². The molecule has 0 unspecified atom stereocenters. The first-order chi connectivity index (χ1) is 9.65. The lowest BCUT2D eigenvalue weighted by Crippen LogP contribution is -2.36. The number of hydrogen-bond donors (Lipinski definition) is 0. The summed E-state index contributed by atoms with van der Waals surface area (Å²) in [4.78, 5) is 14.7. The van der Waals surface area contributed by atoms with Crippen molar-refractivity contribution in [3.8, 4) is 0 Å². The van der Waals surface area contributed by atoms with Gasteiger partial charge in [0.05, 0.1) is 11.3 Å². The molecule has 0 radical (unpaired) electrons. The summed E-state index contributed by atoms with van der Waals surface area (Å²) in [5.74, 6) is 1.40. The molecule has 20 heavy (non-hydrogen) atoms. The fourth-order valence-corrected chi connectivity index (χ4v) is 3.95. The van der Waals surface area contributed by atoms with Crippen LogP contribution in [-0.4, -0.2) is 32.9 Å². The van der Waals surface area contributed by atoms with Crippen molar-refractivity contribution in [1.82, 2.24) is 9.47 Å². The lowest BCUT2D eigenvalue weighted by atomic mass is 10.1. The van der Waals surface area contributed by atoms with Gasteiger partial charge in [-0.25, -0.2) is 0 Å². The van der Waals surface area contributed by atoms with Crippen molar-refractivity contribution in [2.24, 2.45) is 7.05 Å². The highest BCUT2D eigenvalue weighted by molar-refractivity contribution is 8.00. The summed E-state index contributed by atoms with van der Waals surface area (Å²) in [5.41, 5.74) is 1.27. The van der Waals surface area contributed by atoms with Crippen molar-refractivity contribution >= 4 is 17.7 Å². The number of hydrogen-bond acceptors (Lipinski definition) is 2. The molecule has 1 aromatic rings. The Bertz CT molecular complexity index is 443. The van der Waals surface area contributed by atoms with E-state index >= 15 is 0 Å². The van der Waals surface area contributed by atoms with Crippen LogP contribution < -0.4 is 0 Å². The van der Waals surface area contributed by atoms with Crippen LogP contribution in [0.4, 0.5) is 0 Å². The molecule has 4 heteroatoms. The normalized spacial score (nSPS) is 20.4. The molecule has 0 aliphatic carbocycles. The van der Waals surface area contributed by atoms with E-state index in [9.17, 15) is 4.79 Å². The molecular weight excluding hydrogens is 268 g/mol. The molecule has 1 aliphatic heterocycles. The Hall–Kier alpha value is -0.900. The van der Waals surface area contributed by atoms with Crippen LogP contribution in [0.1, 0.15) is 51.3 Å². The zero-order valence-electron chi connectivity index (χ0n) is 12.8. The van der Waals surface area contributed by atoms with E-state index in [1.165, 1.54) is 18.5 Å². The second-order valence-electron chi connectivity index (χ2n) is 5.60. The lowest BCUT2D eigenvalue weighted by Gasteiger charge is -2.28. The summed E-state index contributed by atoms with van der Waals surface area (Å²) in [6.07, 6.45) is 6.67. The summed E-state index contributed by atoms with van der Waals surface area (Å²) >= 11 is 1.80. The molecule has 3 nitrogen and oxygen atoms in total. The molecule has 1 fully saturated rings. The molecule has 2 rings (SSSR count). The molecule has 0 saturated carbocycles. The number of thioether (sulfide) groups is 1. The van der Waals surface area contributed by atoms with Crippen LogP contribution in [-0.2, 0) is 11.8 Å². The minimum Gasteiger partial charge on any atom is -0.353 e. The molecule has 2 atom stereocenters. The van der Waals surface area contributed by atoms with E-state index in [-0.39, 0.29) is 11.3 Å². The average molecular weight is 294 g/mol. The first-order valence-corrected chi connectivity index (χ1v) is 8.73. The molecule has 1 aromatic heterocycles. The zero-order valence-corrected chi connectivity index (χ0v) is 13.7. The van der Waals surface area contributed by atoms with Crippen LogP contribution in [0.2, 0.25) is 0 Å². The Labute approximate surface area is 126 Å². The van der Waals surface area contributed by atoms with Gasteiger partial charge in [0.25, 0.3) is 0 Å². The minimum absolute atomic E-state index is 0.0856. The number of aryl methyl sites for hydroxylation is 1. The fraction of sp³-hybridized carbons (Fsp3) is 0.688. The van der Waals surface area contributed by atoms with Crippen LogP contribution in [0, 0.1) is 0 Å². The van der Waals surface area contributed by atoms with E-state index in [2.05, 4.69) is 48.7 Å². The van der Waals surface area contributed by atoms with Gasteiger partial charge in [0.15, 0.2) is 0 Å². The van der Waals surface area contributed by atoms with E-state index in [0.717, 1.165) is 25.1 Å². The van der Waals surface area contributed by atoms with E-state index in [0.29, 0.717) is 5.91 Å². The summed E-state index contributed by atoms with van der Waals surface area (Å²) in [7, 11) is 2.07. The van der Waals surface area contributed by atoms with Crippen molar-refractivity contribution in [2.75, 3.05) is 12.3 Å². The fourth-order valence-electron chi connectivity index (χ4n) is 2.87. The number of unbranched alkanes of at least 4 members (excludes halogenated alkanes) is 1. The topological polar surface area (TPSA) is 25.2 Å². The highest BCUT2D eigenvalue weighted by Crippen LogP contribution is 2.33. The van der Waals surface area contributed by atoms with Crippen LogP contribution in [0.15, 0.2) is 18.3 Å². The van der Waals surface area contributed by atoms with Crippen molar-refractivity contribution in [3.63, 3.8) is 0 Å². The summed E-state index contributed by atoms with van der Waals surface area (Å²) in [6, 6.07) is 4.48. The first-order valence-electron chi connectivity index (χ1n) is 7.68. The highest BCUT2D eigenvalue weighted by atomic mass is 32.2. The molecule has 0 bridgehead atoms. The summed E-state index contributed by atoms with van der Waals surface area (Å²) < 4.78 is 2.14. The van der Waals surface area contributed by atoms with Crippen LogP contribution in [0.25, 0.3) is 0 Å². The third-order valence-electron chi connectivity index (χ3n) is 4.07. The van der Waals surface area contributed by atoms with Crippen molar-refractivity contribution in [1.29, 1.82) is 0 Å². The largest absolute Gasteiger partial charge is 0.353 e. The Morgan fingerprint density at radius 2 is 2.35 bits per heavy atom. The van der Waals surface area contributed by atoms with Gasteiger partial charge in [0, 0.05) is 25.5 Å². The highest BCUT2D eigenvalue weighted by Gasteiger charge is 2.33. The third-order valence-corrected chi connectivity index (χ3v) is 5.30. The number of carbonyl (C=O) groups excluding carboxylic acids is 1. The van der Waals surface area contributed by atoms with Crippen LogP contribution >= 0.6 is 11.8 Å². The molecule has 0 aromatic carbocycles. The maximum absolute atomic E-state index is 12.7. The number of likely N-dealkylation sites (tertiary alicyclic amines) is 1. The number of aromatic nitrogens is 1. The lowest BCUT2D eigenvalue weighted by molar-refractivity contribution is -0.131. The molecule has 2 heterocycles. The maximum atomic E-state index is 12.7. The van der Waals surface area contributed by atoms with E-state index in [1.807, 2.05) is 0 Å². The zero-order chi connectivity index (χ0) is 14.5. The SMILES string of the molecule is CCCCS[C@H](C)C(=O)N1CCC[C@@H]1c1cccn1C. The first kappa shape index (κ1) is 15.5. The molecule has 1 saturated heterocycles. The van der Waals surface area contributed by atoms with Gasteiger partial charge in [-0.2, -0.15) is 0 Å². The third kappa shape index (κ3) is 3.40. The van der Waals surface area contributed by atoms with E-state index < -0.39 is 0 Å². The van der Waals surface area contributed by atoms with Gasteiger partial charge in [0.2, 0.25) is 5.91 Å². The van der Waals surface area contributed by atoms with Gasteiger partial charge in [-0.3, -0.25) is 4.79 Å². The van der Waals surface area contributed by atoms with Gasteiger partial charge in [0.1, 0.15) is 0 Å². The number of nitrogens with zero attached hydrogens (tertiary/aromatic N) is 2. The molecule has 0 spiro atoms. The second-order valence-corrected chi connectivity index (χ2v) is 7.05. The maximum Gasteiger partial charge on any atom is 0.235 e. The molecule has 0 N–H and O–H groups in total. The predicted molar refractivity (Wildman–Crippen MR) is 85.9 cm³/mol.